The summed E-state index contributed by atoms with van der Waals surface area (Å²) in [4.78, 5) is 13.0. The second-order valence-electron chi connectivity index (χ2n) is 5.59. The van der Waals surface area contributed by atoms with Gasteiger partial charge in [0.25, 0.3) is 0 Å². The predicted octanol–water partition coefficient (Wildman–Crippen LogP) is 3.63. The van der Waals surface area contributed by atoms with Crippen molar-refractivity contribution < 1.29 is 19.0 Å². The fraction of sp³-hybridized carbons (Fsp3) is 0.316. The Labute approximate surface area is 136 Å². The maximum atomic E-state index is 13.0. The first-order chi connectivity index (χ1) is 11.2. The minimum Gasteiger partial charge on any atom is -0.497 e. The Hall–Kier alpha value is -2.49. The van der Waals surface area contributed by atoms with Crippen molar-refractivity contribution in [3.8, 4) is 17.2 Å². The molecule has 23 heavy (non-hydrogen) atoms. The van der Waals surface area contributed by atoms with Crippen molar-refractivity contribution in [1.29, 1.82) is 0 Å². The van der Waals surface area contributed by atoms with E-state index in [4.69, 9.17) is 14.2 Å². The second kappa shape index (κ2) is 6.32. The maximum Gasteiger partial charge on any atom is 0.174 e. The van der Waals surface area contributed by atoms with Gasteiger partial charge in [-0.2, -0.15) is 0 Å². The van der Waals surface area contributed by atoms with Crippen molar-refractivity contribution in [2.24, 2.45) is 0 Å². The number of carbonyl (C=O) groups is 1. The normalized spacial score (nSPS) is 16.7. The Bertz CT molecular complexity index is 702. The van der Waals surface area contributed by atoms with Crippen molar-refractivity contribution in [1.82, 2.24) is 0 Å². The molecule has 0 amide bonds. The number of fused-ring (bicyclic) bond motifs is 1. The Morgan fingerprint density at radius 2 is 1.61 bits per heavy atom. The van der Waals surface area contributed by atoms with Gasteiger partial charge in [-0.25, -0.2) is 0 Å². The van der Waals surface area contributed by atoms with Gasteiger partial charge in [0, 0.05) is 12.0 Å². The van der Waals surface area contributed by atoms with Gasteiger partial charge in [-0.3, -0.25) is 4.79 Å². The molecule has 1 atom stereocenters. The van der Waals surface area contributed by atoms with Gasteiger partial charge in [0.2, 0.25) is 0 Å². The first kappa shape index (κ1) is 15.4. The van der Waals surface area contributed by atoms with E-state index in [1.807, 2.05) is 30.3 Å². The number of hydrogen-bond donors (Lipinski definition) is 0. The third-order valence-corrected chi connectivity index (χ3v) is 4.40. The molecule has 2 aromatic rings. The lowest BCUT2D eigenvalue weighted by Gasteiger charge is -2.25. The van der Waals surface area contributed by atoms with Gasteiger partial charge >= 0.3 is 0 Å². The van der Waals surface area contributed by atoms with Crippen LogP contribution in [-0.4, -0.2) is 27.1 Å². The van der Waals surface area contributed by atoms with Crippen LogP contribution in [-0.2, 0) is 6.42 Å². The molecule has 4 heteroatoms. The molecule has 3 rings (SSSR count). The first-order valence-electron chi connectivity index (χ1n) is 7.61. The summed E-state index contributed by atoms with van der Waals surface area (Å²) in [6.45, 7) is 0. The van der Waals surface area contributed by atoms with Crippen LogP contribution in [0, 0.1) is 0 Å². The molecule has 0 saturated carbocycles. The average Bonchev–Trinajstić information content (AvgIpc) is 2.61. The zero-order chi connectivity index (χ0) is 16.4. The van der Waals surface area contributed by atoms with Gasteiger partial charge in [-0.1, -0.05) is 12.1 Å². The lowest BCUT2D eigenvalue weighted by Crippen LogP contribution is -2.22. The molecule has 1 unspecified atom stereocenters. The van der Waals surface area contributed by atoms with E-state index < -0.39 is 0 Å². The van der Waals surface area contributed by atoms with E-state index in [0.29, 0.717) is 11.3 Å². The number of methoxy groups -OCH3 is 3. The highest BCUT2D eigenvalue weighted by Gasteiger charge is 2.32. The zero-order valence-corrected chi connectivity index (χ0v) is 13.6. The van der Waals surface area contributed by atoms with Gasteiger partial charge in [-0.15, -0.1) is 0 Å². The summed E-state index contributed by atoms with van der Waals surface area (Å²) in [5.74, 6) is 2.06. The summed E-state index contributed by atoms with van der Waals surface area (Å²) < 4.78 is 15.9. The fourth-order valence-electron chi connectivity index (χ4n) is 3.16. The third-order valence-electron chi connectivity index (χ3n) is 4.40. The van der Waals surface area contributed by atoms with Crippen LogP contribution in [0.2, 0.25) is 0 Å². The molecule has 1 aliphatic rings. The molecule has 1 aliphatic carbocycles. The van der Waals surface area contributed by atoms with Gasteiger partial charge < -0.3 is 14.2 Å². The van der Waals surface area contributed by atoms with E-state index >= 15 is 0 Å². The number of hydrogen-bond acceptors (Lipinski definition) is 4. The zero-order valence-electron chi connectivity index (χ0n) is 13.6. The van der Waals surface area contributed by atoms with Crippen molar-refractivity contribution in [2.45, 2.75) is 18.8 Å². The molecule has 0 aromatic heterocycles. The third kappa shape index (κ3) is 2.77. The Morgan fingerprint density at radius 3 is 2.22 bits per heavy atom. The molecule has 0 bridgehead atoms. The summed E-state index contributed by atoms with van der Waals surface area (Å²) in [6.07, 6.45) is 1.61. The SMILES string of the molecule is COc1ccc(C2CCc3cc(OC)cc(OC)c3C2=O)cc1. The number of ketones is 1. The molecule has 0 spiro atoms. The second-order valence-corrected chi connectivity index (χ2v) is 5.59. The quantitative estimate of drug-likeness (QED) is 0.865. The van der Waals surface area contributed by atoms with E-state index in [1.165, 1.54) is 0 Å². The highest BCUT2D eigenvalue weighted by molar-refractivity contribution is 6.05. The molecule has 4 nitrogen and oxygen atoms in total. The highest BCUT2D eigenvalue weighted by atomic mass is 16.5. The van der Waals surface area contributed by atoms with Crippen LogP contribution < -0.4 is 14.2 Å². The van der Waals surface area contributed by atoms with Gasteiger partial charge in [0.05, 0.1) is 26.9 Å². The van der Waals surface area contributed by atoms with E-state index in [0.717, 1.165) is 35.5 Å². The fourth-order valence-corrected chi connectivity index (χ4v) is 3.16. The Balaban J connectivity index is 1.99. The minimum atomic E-state index is -0.143. The van der Waals surface area contributed by atoms with Gasteiger partial charge in [0.15, 0.2) is 5.78 Å². The van der Waals surface area contributed by atoms with Gasteiger partial charge in [0.1, 0.15) is 17.2 Å². The lowest BCUT2D eigenvalue weighted by atomic mass is 9.78. The van der Waals surface area contributed by atoms with Crippen LogP contribution in [0.25, 0.3) is 0 Å². The Morgan fingerprint density at radius 1 is 0.913 bits per heavy atom. The maximum absolute atomic E-state index is 13.0. The molecule has 0 saturated heterocycles. The van der Waals surface area contributed by atoms with Crippen molar-refractivity contribution in [3.63, 3.8) is 0 Å². The average molecular weight is 312 g/mol. The molecule has 0 radical (unpaired) electrons. The van der Waals surface area contributed by atoms with Crippen LogP contribution in [0.1, 0.15) is 33.8 Å². The highest BCUT2D eigenvalue weighted by Crippen LogP contribution is 2.39. The molecule has 120 valence electrons. The topological polar surface area (TPSA) is 44.8 Å². The summed E-state index contributed by atoms with van der Waals surface area (Å²) in [6, 6.07) is 11.4. The molecule has 0 fully saturated rings. The Kier molecular flexibility index (Phi) is 4.24. The molecule has 0 N–H and O–H groups in total. The number of aryl methyl sites for hydroxylation is 1. The minimum absolute atomic E-state index is 0.107. The molecular weight excluding hydrogens is 292 g/mol. The summed E-state index contributed by atoms with van der Waals surface area (Å²) in [7, 11) is 4.83. The number of ether oxygens (including phenoxy) is 3. The molecular formula is C19H20O4. The number of carbonyl (C=O) groups excluding carboxylic acids is 1. The lowest BCUT2D eigenvalue weighted by molar-refractivity contribution is 0.0942. The van der Waals surface area contributed by atoms with Crippen LogP contribution in [0.15, 0.2) is 36.4 Å². The van der Waals surface area contributed by atoms with Crippen LogP contribution in [0.4, 0.5) is 0 Å². The summed E-state index contributed by atoms with van der Waals surface area (Å²) in [5.41, 5.74) is 2.69. The smallest absolute Gasteiger partial charge is 0.174 e. The van der Waals surface area contributed by atoms with Gasteiger partial charge in [-0.05, 0) is 42.2 Å². The van der Waals surface area contributed by atoms with E-state index in [9.17, 15) is 4.79 Å². The van der Waals surface area contributed by atoms with E-state index in [2.05, 4.69) is 0 Å². The van der Waals surface area contributed by atoms with Crippen molar-refractivity contribution in [2.75, 3.05) is 21.3 Å². The van der Waals surface area contributed by atoms with Crippen LogP contribution in [0.5, 0.6) is 17.2 Å². The van der Waals surface area contributed by atoms with Crippen molar-refractivity contribution in [3.05, 3.63) is 53.1 Å². The predicted molar refractivity (Wildman–Crippen MR) is 87.9 cm³/mol. The van der Waals surface area contributed by atoms with Crippen LogP contribution in [0.3, 0.4) is 0 Å². The largest absolute Gasteiger partial charge is 0.497 e. The van der Waals surface area contributed by atoms with Crippen LogP contribution >= 0.6 is 0 Å². The molecule has 0 heterocycles. The monoisotopic (exact) mass is 312 g/mol. The van der Waals surface area contributed by atoms with E-state index in [-0.39, 0.29) is 11.7 Å². The summed E-state index contributed by atoms with van der Waals surface area (Å²) >= 11 is 0. The number of rotatable bonds is 4. The van der Waals surface area contributed by atoms with E-state index in [1.54, 1.807) is 27.4 Å². The number of benzene rings is 2. The first-order valence-corrected chi connectivity index (χ1v) is 7.61. The number of Topliss-reactive ketones (excluding diaryl/α,β-unsaturated/α-hetero) is 1. The molecule has 0 aliphatic heterocycles. The molecule has 2 aromatic carbocycles. The van der Waals surface area contributed by atoms with Crippen molar-refractivity contribution >= 4 is 5.78 Å². The standard InChI is InChI=1S/C19H20O4/c1-21-14-7-4-12(5-8-14)16-9-6-13-10-15(22-2)11-17(23-3)18(13)19(16)20/h4-5,7-8,10-11,16H,6,9H2,1-3H3. The summed E-state index contributed by atoms with van der Waals surface area (Å²) in [5, 5.41) is 0.